The molecule has 0 bridgehead atoms. The van der Waals surface area contributed by atoms with Crippen LogP contribution < -0.4 is 4.90 Å². The van der Waals surface area contributed by atoms with Gasteiger partial charge < -0.3 is 9.80 Å². The number of amides is 1. The monoisotopic (exact) mass is 397 g/mol. The molecule has 0 saturated carbocycles. The number of hydrogen-bond donors (Lipinski definition) is 0. The Morgan fingerprint density at radius 3 is 2.57 bits per heavy atom. The van der Waals surface area contributed by atoms with Gasteiger partial charge in [-0.15, -0.1) is 0 Å². The van der Waals surface area contributed by atoms with Crippen LogP contribution in [0.3, 0.4) is 0 Å². The van der Waals surface area contributed by atoms with E-state index >= 15 is 0 Å². The highest BCUT2D eigenvalue weighted by atomic mass is 16.2. The number of nitrogens with zero attached hydrogens (tertiary/aromatic N) is 5. The third-order valence-corrected chi connectivity index (χ3v) is 5.03. The summed E-state index contributed by atoms with van der Waals surface area (Å²) < 4.78 is 0. The van der Waals surface area contributed by atoms with E-state index in [-0.39, 0.29) is 5.91 Å². The SMILES string of the molecule is Cc1cnc(C)c(N2CCN(C(=O)c3cccc(C#Cc4ccccn4)c3)CC2)n1. The first-order valence-electron chi connectivity index (χ1n) is 9.98. The van der Waals surface area contributed by atoms with E-state index in [4.69, 9.17) is 0 Å². The molecule has 1 saturated heterocycles. The topological polar surface area (TPSA) is 62.2 Å². The summed E-state index contributed by atoms with van der Waals surface area (Å²) in [4.78, 5) is 30.3. The Labute approximate surface area is 176 Å². The van der Waals surface area contributed by atoms with Crippen molar-refractivity contribution in [2.45, 2.75) is 13.8 Å². The maximum Gasteiger partial charge on any atom is 0.254 e. The van der Waals surface area contributed by atoms with Crippen molar-refractivity contribution in [3.8, 4) is 11.8 Å². The Balaban J connectivity index is 1.43. The van der Waals surface area contributed by atoms with E-state index in [1.807, 2.05) is 61.2 Å². The van der Waals surface area contributed by atoms with Crippen LogP contribution in [0.25, 0.3) is 0 Å². The fourth-order valence-electron chi connectivity index (χ4n) is 3.43. The first-order valence-corrected chi connectivity index (χ1v) is 9.98. The number of hydrogen-bond acceptors (Lipinski definition) is 5. The molecule has 6 heteroatoms. The molecule has 0 spiro atoms. The van der Waals surface area contributed by atoms with Crippen molar-refractivity contribution in [1.29, 1.82) is 0 Å². The number of pyridine rings is 1. The second kappa shape index (κ2) is 8.75. The quantitative estimate of drug-likeness (QED) is 0.623. The summed E-state index contributed by atoms with van der Waals surface area (Å²) in [5.74, 6) is 7.07. The lowest BCUT2D eigenvalue weighted by molar-refractivity contribution is 0.0746. The number of carbonyl (C=O) groups is 1. The van der Waals surface area contributed by atoms with Gasteiger partial charge in [-0.05, 0) is 50.1 Å². The van der Waals surface area contributed by atoms with Crippen LogP contribution in [-0.4, -0.2) is 51.9 Å². The van der Waals surface area contributed by atoms with Crippen molar-refractivity contribution in [2.24, 2.45) is 0 Å². The Kier molecular flexibility index (Phi) is 5.71. The molecule has 0 aliphatic carbocycles. The Morgan fingerprint density at radius 2 is 1.80 bits per heavy atom. The van der Waals surface area contributed by atoms with Crippen LogP contribution in [-0.2, 0) is 0 Å². The average Bonchev–Trinajstić information content (AvgIpc) is 2.80. The number of aryl methyl sites for hydroxylation is 2. The molecule has 1 aliphatic heterocycles. The molecule has 30 heavy (non-hydrogen) atoms. The second-order valence-corrected chi connectivity index (χ2v) is 7.25. The van der Waals surface area contributed by atoms with Crippen molar-refractivity contribution in [2.75, 3.05) is 31.1 Å². The minimum Gasteiger partial charge on any atom is -0.352 e. The van der Waals surface area contributed by atoms with Crippen LogP contribution in [0.4, 0.5) is 5.82 Å². The molecular formula is C24H23N5O. The fraction of sp³-hybridized carbons (Fsp3) is 0.250. The van der Waals surface area contributed by atoms with Crippen molar-refractivity contribution in [3.63, 3.8) is 0 Å². The molecular weight excluding hydrogens is 374 g/mol. The predicted octanol–water partition coefficient (Wildman–Crippen LogP) is 2.85. The zero-order valence-corrected chi connectivity index (χ0v) is 17.2. The normalized spacial score (nSPS) is 13.5. The number of anilines is 1. The first kappa shape index (κ1) is 19.6. The van der Waals surface area contributed by atoms with Gasteiger partial charge in [0.05, 0.1) is 11.4 Å². The predicted molar refractivity (Wildman–Crippen MR) is 116 cm³/mol. The van der Waals surface area contributed by atoms with Crippen molar-refractivity contribution >= 4 is 11.7 Å². The van der Waals surface area contributed by atoms with Crippen LogP contribution in [0, 0.1) is 25.7 Å². The Bertz CT molecular complexity index is 1110. The first-order chi connectivity index (χ1) is 14.6. The molecule has 150 valence electrons. The van der Waals surface area contributed by atoms with E-state index in [0.717, 1.165) is 35.9 Å². The van der Waals surface area contributed by atoms with Gasteiger partial charge in [0.25, 0.3) is 5.91 Å². The van der Waals surface area contributed by atoms with E-state index in [0.29, 0.717) is 24.3 Å². The summed E-state index contributed by atoms with van der Waals surface area (Å²) >= 11 is 0. The summed E-state index contributed by atoms with van der Waals surface area (Å²) in [6, 6.07) is 13.1. The molecule has 2 aromatic heterocycles. The van der Waals surface area contributed by atoms with Gasteiger partial charge in [0, 0.05) is 49.7 Å². The zero-order chi connectivity index (χ0) is 20.9. The Hall–Kier alpha value is -3.72. The summed E-state index contributed by atoms with van der Waals surface area (Å²) in [7, 11) is 0. The molecule has 1 fully saturated rings. The molecule has 0 N–H and O–H groups in total. The summed E-state index contributed by atoms with van der Waals surface area (Å²) in [6.07, 6.45) is 3.50. The molecule has 1 aromatic carbocycles. The number of benzene rings is 1. The standard InChI is InChI=1S/C24H23N5O/c1-18-17-26-19(2)23(27-18)28-12-14-29(15-13-28)24(30)21-7-5-6-20(16-21)9-10-22-8-3-4-11-25-22/h3-8,11,16-17H,12-15H2,1-2H3. The van der Waals surface area contributed by atoms with Gasteiger partial charge in [0.2, 0.25) is 0 Å². The third kappa shape index (κ3) is 4.47. The fourth-order valence-corrected chi connectivity index (χ4v) is 3.43. The van der Waals surface area contributed by atoms with Gasteiger partial charge in [-0.25, -0.2) is 9.97 Å². The molecule has 1 amide bonds. The van der Waals surface area contributed by atoms with Gasteiger partial charge in [-0.1, -0.05) is 18.1 Å². The van der Waals surface area contributed by atoms with Crippen molar-refractivity contribution in [3.05, 3.63) is 83.1 Å². The zero-order valence-electron chi connectivity index (χ0n) is 17.2. The molecule has 6 nitrogen and oxygen atoms in total. The maximum atomic E-state index is 13.0. The molecule has 3 aromatic rings. The number of rotatable bonds is 2. The highest BCUT2D eigenvalue weighted by Gasteiger charge is 2.24. The molecule has 4 rings (SSSR count). The highest BCUT2D eigenvalue weighted by molar-refractivity contribution is 5.94. The van der Waals surface area contributed by atoms with E-state index in [1.54, 1.807) is 12.4 Å². The molecule has 1 aliphatic rings. The van der Waals surface area contributed by atoms with Gasteiger partial charge in [-0.2, -0.15) is 0 Å². The van der Waals surface area contributed by atoms with Crippen LogP contribution in [0.2, 0.25) is 0 Å². The lowest BCUT2D eigenvalue weighted by Gasteiger charge is -2.36. The minimum atomic E-state index is 0.0307. The van der Waals surface area contributed by atoms with Crippen LogP contribution >= 0.6 is 0 Å². The lowest BCUT2D eigenvalue weighted by Crippen LogP contribution is -2.49. The van der Waals surface area contributed by atoms with E-state index in [9.17, 15) is 4.79 Å². The number of piperazine rings is 1. The van der Waals surface area contributed by atoms with E-state index in [2.05, 4.69) is 31.7 Å². The van der Waals surface area contributed by atoms with E-state index in [1.165, 1.54) is 0 Å². The summed E-state index contributed by atoms with van der Waals surface area (Å²) in [5.41, 5.74) is 3.98. The van der Waals surface area contributed by atoms with Crippen LogP contribution in [0.1, 0.15) is 33.0 Å². The Morgan fingerprint density at radius 1 is 0.967 bits per heavy atom. The lowest BCUT2D eigenvalue weighted by atomic mass is 10.1. The minimum absolute atomic E-state index is 0.0307. The smallest absolute Gasteiger partial charge is 0.254 e. The maximum absolute atomic E-state index is 13.0. The molecule has 0 atom stereocenters. The summed E-state index contributed by atoms with van der Waals surface area (Å²) in [6.45, 7) is 6.69. The largest absolute Gasteiger partial charge is 0.352 e. The highest BCUT2D eigenvalue weighted by Crippen LogP contribution is 2.18. The second-order valence-electron chi connectivity index (χ2n) is 7.25. The average molecular weight is 397 g/mol. The number of carbonyl (C=O) groups excluding carboxylic acids is 1. The van der Waals surface area contributed by atoms with Gasteiger partial charge in [0.1, 0.15) is 11.5 Å². The number of aromatic nitrogens is 3. The van der Waals surface area contributed by atoms with Crippen molar-refractivity contribution < 1.29 is 4.79 Å². The molecule has 3 heterocycles. The van der Waals surface area contributed by atoms with Gasteiger partial charge in [-0.3, -0.25) is 9.78 Å². The molecule has 0 unspecified atom stereocenters. The third-order valence-electron chi connectivity index (χ3n) is 5.03. The van der Waals surface area contributed by atoms with Crippen molar-refractivity contribution in [1.82, 2.24) is 19.9 Å². The summed E-state index contributed by atoms with van der Waals surface area (Å²) in [5, 5.41) is 0. The van der Waals surface area contributed by atoms with Gasteiger partial charge >= 0.3 is 0 Å². The van der Waals surface area contributed by atoms with Crippen LogP contribution in [0.5, 0.6) is 0 Å². The van der Waals surface area contributed by atoms with E-state index < -0.39 is 0 Å². The van der Waals surface area contributed by atoms with Crippen LogP contribution in [0.15, 0.2) is 54.9 Å². The molecule has 0 radical (unpaired) electrons. The van der Waals surface area contributed by atoms with Gasteiger partial charge in [0.15, 0.2) is 0 Å².